The van der Waals surface area contributed by atoms with Gasteiger partial charge in [0.15, 0.2) is 12.0 Å². The molecule has 1 fully saturated rings. The van der Waals surface area contributed by atoms with Crippen molar-refractivity contribution in [2.24, 2.45) is 5.73 Å². The molecular formula is C17H22N2O7S. The maximum Gasteiger partial charge on any atom is 0.405 e. The number of amides is 1. The fourth-order valence-corrected chi connectivity index (χ4v) is 4.84. The first-order valence-corrected chi connectivity index (χ1v) is 10.0. The predicted octanol–water partition coefficient (Wildman–Crippen LogP) is 0.0972. The van der Waals surface area contributed by atoms with Crippen LogP contribution in [0.5, 0.6) is 5.75 Å². The minimum absolute atomic E-state index is 0.0117. The Labute approximate surface area is 157 Å². The molecule has 0 spiro atoms. The Kier molecular flexibility index (Phi) is 5.17. The Bertz CT molecular complexity index is 883. The molecule has 1 aromatic carbocycles. The predicted molar refractivity (Wildman–Crippen MR) is 95.4 cm³/mol. The highest BCUT2D eigenvalue weighted by Gasteiger charge is 2.44. The number of benzene rings is 1. The van der Waals surface area contributed by atoms with Gasteiger partial charge in [0.2, 0.25) is 0 Å². The molecule has 3 unspecified atom stereocenters. The van der Waals surface area contributed by atoms with Crippen molar-refractivity contribution in [3.05, 3.63) is 29.3 Å². The topological polar surface area (TPSA) is 139 Å². The van der Waals surface area contributed by atoms with Crippen LogP contribution in [0, 0.1) is 0 Å². The summed E-state index contributed by atoms with van der Waals surface area (Å²) in [6, 6.07) is 5.57. The summed E-state index contributed by atoms with van der Waals surface area (Å²) in [7, 11) is -3.00. The van der Waals surface area contributed by atoms with Crippen molar-refractivity contribution >= 4 is 27.9 Å². The molecule has 2 aliphatic rings. The number of quaternary nitrogens is 1. The van der Waals surface area contributed by atoms with E-state index in [1.54, 1.807) is 7.11 Å². The summed E-state index contributed by atoms with van der Waals surface area (Å²) in [6.07, 6.45) is -0.876. The third kappa shape index (κ3) is 4.41. The van der Waals surface area contributed by atoms with Gasteiger partial charge in [0.25, 0.3) is 0 Å². The van der Waals surface area contributed by atoms with Crippen LogP contribution in [0.15, 0.2) is 18.2 Å². The van der Waals surface area contributed by atoms with Gasteiger partial charge in [-0.1, -0.05) is 6.07 Å². The summed E-state index contributed by atoms with van der Waals surface area (Å²) < 4.78 is 44.7. The standard InChI is InChI=1S/C17H22N2O7S/c1-25-13-3-2-11-6-12(14(11)7-13)8-19(10-27(22,23)24)5-4-15(20)16(9-19)26-17(18)21/h2-3,6-7,15-16,20H,4-5,8-10H2,1H3,(H2-,18,21,22,23,24). The molecule has 9 nitrogen and oxygen atoms in total. The average Bonchev–Trinajstić information content (AvgIpc) is 2.54. The summed E-state index contributed by atoms with van der Waals surface area (Å²) in [5, 5.41) is 10.1. The van der Waals surface area contributed by atoms with E-state index >= 15 is 0 Å². The van der Waals surface area contributed by atoms with Crippen LogP contribution in [-0.2, 0) is 14.9 Å². The molecule has 27 heavy (non-hydrogen) atoms. The molecular weight excluding hydrogens is 376 g/mol. The third-order valence-corrected chi connectivity index (χ3v) is 5.90. The number of carbonyl (C=O) groups is 1. The van der Waals surface area contributed by atoms with Gasteiger partial charge in [0.1, 0.15) is 35.1 Å². The van der Waals surface area contributed by atoms with Crippen LogP contribution in [0.4, 0.5) is 4.79 Å². The lowest BCUT2D eigenvalue weighted by molar-refractivity contribution is -0.919. The van der Waals surface area contributed by atoms with Crippen LogP contribution >= 0.6 is 0 Å². The number of hydrogen-bond acceptors (Lipinski definition) is 7. The van der Waals surface area contributed by atoms with Crippen LogP contribution in [0.2, 0.25) is 0 Å². The molecule has 1 amide bonds. The first-order chi connectivity index (χ1) is 12.6. The number of fused-ring (bicyclic) bond motifs is 1. The lowest BCUT2D eigenvalue weighted by Gasteiger charge is -2.46. The molecule has 1 aliphatic heterocycles. The quantitative estimate of drug-likeness (QED) is 0.512. The normalized spacial score (nSPS) is 27.1. The van der Waals surface area contributed by atoms with Crippen molar-refractivity contribution in [1.29, 1.82) is 0 Å². The number of methoxy groups -OCH3 is 1. The second-order valence-corrected chi connectivity index (χ2v) is 8.42. The monoisotopic (exact) mass is 398 g/mol. The molecule has 1 saturated heterocycles. The largest absolute Gasteiger partial charge is 0.744 e. The summed E-state index contributed by atoms with van der Waals surface area (Å²) in [6.45, 7) is 0.507. The SMILES string of the molecule is COc1ccc2c(c1)C(C[N+]1(CS(=O)(=O)[O-])CCC(O)C(OC(N)=O)C1)=C2. The number of likely N-dealkylation sites (tertiary alicyclic amines) is 1. The van der Waals surface area contributed by atoms with Crippen molar-refractivity contribution in [2.45, 2.75) is 18.6 Å². The van der Waals surface area contributed by atoms with Gasteiger partial charge >= 0.3 is 6.09 Å². The number of rotatable bonds is 6. The van der Waals surface area contributed by atoms with Gasteiger partial charge < -0.3 is 29.3 Å². The first-order valence-electron chi connectivity index (χ1n) is 8.43. The highest BCUT2D eigenvalue weighted by atomic mass is 32.2. The lowest BCUT2D eigenvalue weighted by Crippen LogP contribution is -2.63. The molecule has 1 aromatic rings. The van der Waals surface area contributed by atoms with Gasteiger partial charge in [-0.05, 0) is 29.3 Å². The van der Waals surface area contributed by atoms with Crippen LogP contribution in [-0.4, -0.2) is 73.5 Å². The van der Waals surface area contributed by atoms with Crippen molar-refractivity contribution in [3.63, 3.8) is 0 Å². The number of hydrogen-bond donors (Lipinski definition) is 2. The van der Waals surface area contributed by atoms with Gasteiger partial charge in [-0.3, -0.25) is 0 Å². The number of piperidine rings is 1. The molecule has 0 aromatic heterocycles. The van der Waals surface area contributed by atoms with Crippen LogP contribution in [0.1, 0.15) is 17.5 Å². The van der Waals surface area contributed by atoms with Crippen molar-refractivity contribution in [2.75, 3.05) is 32.6 Å². The Hall–Kier alpha value is -2.14. The molecule has 148 valence electrons. The van der Waals surface area contributed by atoms with Gasteiger partial charge in [0.05, 0.1) is 13.7 Å². The van der Waals surface area contributed by atoms with Gasteiger partial charge in [-0.25, -0.2) is 13.2 Å². The number of carbonyl (C=O) groups excluding carboxylic acids is 1. The number of aliphatic hydroxyl groups is 1. The van der Waals surface area contributed by atoms with E-state index in [0.717, 1.165) is 16.7 Å². The minimum Gasteiger partial charge on any atom is -0.744 e. The number of primary amides is 1. The summed E-state index contributed by atoms with van der Waals surface area (Å²) in [5.41, 5.74) is 7.85. The smallest absolute Gasteiger partial charge is 0.405 e. The summed E-state index contributed by atoms with van der Waals surface area (Å²) in [5.74, 6) is 0.0148. The molecule has 3 N–H and O–H groups in total. The van der Waals surface area contributed by atoms with Crippen molar-refractivity contribution in [3.8, 4) is 5.75 Å². The van der Waals surface area contributed by atoms with Crippen molar-refractivity contribution < 1.29 is 36.8 Å². The Morgan fingerprint density at radius 2 is 2.19 bits per heavy atom. The maximum absolute atomic E-state index is 11.5. The van der Waals surface area contributed by atoms with Crippen molar-refractivity contribution in [1.82, 2.24) is 0 Å². The van der Waals surface area contributed by atoms with E-state index in [1.165, 1.54) is 0 Å². The minimum atomic E-state index is -4.55. The molecule has 1 aliphatic carbocycles. The van der Waals surface area contributed by atoms with E-state index in [9.17, 15) is 22.9 Å². The first kappa shape index (κ1) is 19.6. The molecule has 10 heteroatoms. The lowest BCUT2D eigenvalue weighted by atomic mass is 9.87. The number of ether oxygens (including phenoxy) is 2. The Balaban J connectivity index is 1.87. The number of nitrogens with zero attached hydrogens (tertiary/aromatic N) is 1. The fraction of sp³-hybridized carbons (Fsp3) is 0.471. The van der Waals surface area contributed by atoms with Gasteiger partial charge in [0, 0.05) is 12.0 Å². The average molecular weight is 398 g/mol. The van der Waals surface area contributed by atoms with Crippen LogP contribution < -0.4 is 10.5 Å². The van der Waals surface area contributed by atoms with E-state index in [1.807, 2.05) is 24.3 Å². The van der Waals surface area contributed by atoms with E-state index in [0.29, 0.717) is 5.75 Å². The zero-order valence-electron chi connectivity index (χ0n) is 14.8. The second kappa shape index (κ2) is 7.12. The maximum atomic E-state index is 11.5. The van der Waals surface area contributed by atoms with Crippen LogP contribution in [0.3, 0.4) is 0 Å². The second-order valence-electron chi connectivity index (χ2n) is 7.05. The Morgan fingerprint density at radius 1 is 1.44 bits per heavy atom. The zero-order chi connectivity index (χ0) is 19.8. The highest BCUT2D eigenvalue weighted by Crippen LogP contribution is 2.38. The molecule has 1 heterocycles. The van der Waals surface area contributed by atoms with Crippen LogP contribution in [0.25, 0.3) is 11.6 Å². The summed E-state index contributed by atoms with van der Waals surface area (Å²) >= 11 is 0. The van der Waals surface area contributed by atoms with E-state index in [4.69, 9.17) is 15.2 Å². The molecule has 3 rings (SSSR count). The van der Waals surface area contributed by atoms with E-state index in [-0.39, 0.29) is 30.5 Å². The molecule has 0 bridgehead atoms. The Morgan fingerprint density at radius 3 is 2.81 bits per heavy atom. The zero-order valence-corrected chi connectivity index (χ0v) is 15.6. The molecule has 0 radical (unpaired) electrons. The highest BCUT2D eigenvalue weighted by molar-refractivity contribution is 7.85. The third-order valence-electron chi connectivity index (χ3n) is 5.04. The van der Waals surface area contributed by atoms with Gasteiger partial charge in [-0.2, -0.15) is 0 Å². The van der Waals surface area contributed by atoms with Gasteiger partial charge in [-0.15, -0.1) is 0 Å². The number of nitrogens with two attached hydrogens (primary N) is 1. The number of aliphatic hydroxyl groups excluding tert-OH is 1. The molecule has 3 atom stereocenters. The van der Waals surface area contributed by atoms with E-state index < -0.39 is 34.3 Å². The summed E-state index contributed by atoms with van der Waals surface area (Å²) in [4.78, 5) is 11.1. The molecule has 0 saturated carbocycles. The van der Waals surface area contributed by atoms with E-state index in [2.05, 4.69) is 0 Å². The fourth-order valence-electron chi connectivity index (χ4n) is 3.84.